The van der Waals surface area contributed by atoms with Gasteiger partial charge in [0.1, 0.15) is 0 Å². The van der Waals surface area contributed by atoms with Gasteiger partial charge >= 0.3 is 0 Å². The van der Waals surface area contributed by atoms with Crippen LogP contribution < -0.4 is 4.72 Å². The molecule has 3 nitrogen and oxygen atoms in total. The highest BCUT2D eigenvalue weighted by Gasteiger charge is 2.19. The van der Waals surface area contributed by atoms with Gasteiger partial charge in [-0.05, 0) is 29.0 Å². The summed E-state index contributed by atoms with van der Waals surface area (Å²) >= 11 is 1.17. The fraction of sp³-hybridized carbons (Fsp3) is 0.294. The van der Waals surface area contributed by atoms with Gasteiger partial charge in [-0.3, -0.25) is 4.21 Å². The summed E-state index contributed by atoms with van der Waals surface area (Å²) in [7, 11) is 0. The van der Waals surface area contributed by atoms with E-state index in [1.165, 1.54) is 5.56 Å². The summed E-state index contributed by atoms with van der Waals surface area (Å²) < 4.78 is 24.2. The van der Waals surface area contributed by atoms with Crippen LogP contribution in [0.15, 0.2) is 48.5 Å². The van der Waals surface area contributed by atoms with Gasteiger partial charge in [0.05, 0.1) is 5.69 Å². The van der Waals surface area contributed by atoms with E-state index in [2.05, 4.69) is 46.6 Å². The van der Waals surface area contributed by atoms with E-state index in [9.17, 15) is 8.76 Å². The topological polar surface area (TPSA) is 52.2 Å². The molecular formula is C17H19BrNO2S-. The molecular weight excluding hydrogens is 362 g/mol. The minimum absolute atomic E-state index is 0.107. The smallest absolute Gasteiger partial charge is 0.0530 e. The van der Waals surface area contributed by atoms with Crippen LogP contribution in [0.5, 0.6) is 0 Å². The Morgan fingerprint density at radius 1 is 1.14 bits per heavy atom. The zero-order valence-electron chi connectivity index (χ0n) is 12.6. The van der Waals surface area contributed by atoms with Crippen LogP contribution in [0.3, 0.4) is 0 Å². The molecule has 2 aromatic rings. The first-order valence-corrected chi connectivity index (χ1v) is 9.25. The van der Waals surface area contributed by atoms with Gasteiger partial charge in [-0.25, -0.2) is 0 Å². The molecule has 22 heavy (non-hydrogen) atoms. The Morgan fingerprint density at radius 3 is 2.36 bits per heavy atom. The number of rotatable bonds is 6. The van der Waals surface area contributed by atoms with Gasteiger partial charge in [0.25, 0.3) is 0 Å². The lowest BCUT2D eigenvalue weighted by Gasteiger charge is -2.24. The molecule has 1 unspecified atom stereocenters. The number of alkyl halides is 1. The second-order valence-electron chi connectivity index (χ2n) is 5.78. The summed E-state index contributed by atoms with van der Waals surface area (Å²) in [5.41, 5.74) is 3.83. The average molecular weight is 381 g/mol. The summed E-state index contributed by atoms with van der Waals surface area (Å²) in [6, 6.07) is 15.7. The van der Waals surface area contributed by atoms with Crippen molar-refractivity contribution < 1.29 is 8.76 Å². The Bertz CT molecular complexity index is 656. The van der Waals surface area contributed by atoms with Crippen molar-refractivity contribution in [2.45, 2.75) is 25.7 Å². The number of nitrogens with one attached hydrogen (secondary N) is 1. The molecule has 2 aromatic carbocycles. The van der Waals surface area contributed by atoms with Gasteiger partial charge in [-0.15, -0.1) is 0 Å². The molecule has 118 valence electrons. The van der Waals surface area contributed by atoms with Gasteiger partial charge in [-0.2, -0.15) is 0 Å². The highest BCUT2D eigenvalue weighted by atomic mass is 79.9. The van der Waals surface area contributed by atoms with Crippen molar-refractivity contribution in [3.63, 3.8) is 0 Å². The van der Waals surface area contributed by atoms with E-state index in [1.807, 2.05) is 30.3 Å². The van der Waals surface area contributed by atoms with Crippen molar-refractivity contribution in [2.75, 3.05) is 10.1 Å². The fourth-order valence-corrected chi connectivity index (χ4v) is 3.74. The van der Waals surface area contributed by atoms with Gasteiger partial charge in [0, 0.05) is 22.2 Å². The van der Waals surface area contributed by atoms with Gasteiger partial charge in [0.2, 0.25) is 0 Å². The van der Waals surface area contributed by atoms with E-state index in [1.54, 1.807) is 6.07 Å². The number of benzene rings is 2. The first kappa shape index (κ1) is 17.2. The third-order valence-corrected chi connectivity index (χ3v) is 4.60. The van der Waals surface area contributed by atoms with Crippen LogP contribution in [-0.4, -0.2) is 14.1 Å². The normalized spacial score (nSPS) is 12.9. The summed E-state index contributed by atoms with van der Waals surface area (Å²) in [4.78, 5) is 0. The summed E-state index contributed by atoms with van der Waals surface area (Å²) in [6.45, 7) is 4.44. The molecule has 0 aromatic heterocycles. The molecule has 0 aliphatic carbocycles. The van der Waals surface area contributed by atoms with Crippen molar-refractivity contribution in [1.29, 1.82) is 0 Å². The Labute approximate surface area is 142 Å². The van der Waals surface area contributed by atoms with Crippen LogP contribution in [0.2, 0.25) is 0 Å². The van der Waals surface area contributed by atoms with Crippen LogP contribution in [-0.2, 0) is 16.7 Å². The molecule has 0 saturated carbocycles. The number of hydrogen-bond donors (Lipinski definition) is 1. The highest BCUT2D eigenvalue weighted by Crippen LogP contribution is 2.32. The van der Waals surface area contributed by atoms with E-state index in [0.29, 0.717) is 5.69 Å². The Balaban J connectivity index is 2.33. The average Bonchev–Trinajstić information content (AvgIpc) is 2.47. The maximum Gasteiger partial charge on any atom is 0.0530 e. The lowest BCUT2D eigenvalue weighted by molar-refractivity contribution is 0.512. The molecule has 0 saturated heterocycles. The molecule has 0 heterocycles. The molecule has 2 rings (SSSR count). The van der Waals surface area contributed by atoms with Crippen molar-refractivity contribution in [3.05, 3.63) is 54.1 Å². The quantitative estimate of drug-likeness (QED) is 0.586. The van der Waals surface area contributed by atoms with E-state index in [0.717, 1.165) is 22.9 Å². The van der Waals surface area contributed by atoms with Crippen LogP contribution >= 0.6 is 15.9 Å². The third kappa shape index (κ3) is 4.18. The molecule has 1 atom stereocenters. The summed E-state index contributed by atoms with van der Waals surface area (Å²) in [5.74, 6) is 0. The molecule has 0 aliphatic rings. The maximum atomic E-state index is 10.9. The highest BCUT2D eigenvalue weighted by molar-refractivity contribution is 9.09. The summed E-state index contributed by atoms with van der Waals surface area (Å²) in [5, 5.41) is 0.962. The monoisotopic (exact) mass is 380 g/mol. The largest absolute Gasteiger partial charge is 0.755 e. The van der Waals surface area contributed by atoms with Crippen LogP contribution in [0.4, 0.5) is 5.69 Å². The molecule has 0 bridgehead atoms. The number of hydrogen-bond acceptors (Lipinski definition) is 2. The molecule has 5 heteroatoms. The zero-order valence-corrected chi connectivity index (χ0v) is 15.0. The minimum Gasteiger partial charge on any atom is -0.755 e. The van der Waals surface area contributed by atoms with Gasteiger partial charge < -0.3 is 9.27 Å². The van der Waals surface area contributed by atoms with Crippen molar-refractivity contribution in [3.8, 4) is 11.1 Å². The third-order valence-electron chi connectivity index (χ3n) is 3.82. The second-order valence-corrected chi connectivity index (χ2v) is 7.25. The molecule has 0 spiro atoms. The van der Waals surface area contributed by atoms with Crippen molar-refractivity contribution in [1.82, 2.24) is 0 Å². The molecule has 0 amide bonds. The fourth-order valence-electron chi connectivity index (χ4n) is 2.40. The van der Waals surface area contributed by atoms with Crippen LogP contribution in [0.25, 0.3) is 11.1 Å². The zero-order chi connectivity index (χ0) is 16.2. The van der Waals surface area contributed by atoms with Crippen molar-refractivity contribution in [2.24, 2.45) is 0 Å². The van der Waals surface area contributed by atoms with E-state index in [-0.39, 0.29) is 5.41 Å². The molecule has 1 N–H and O–H groups in total. The van der Waals surface area contributed by atoms with Crippen LogP contribution in [0, 0.1) is 0 Å². The lowest BCUT2D eigenvalue weighted by Crippen LogP contribution is -2.17. The maximum absolute atomic E-state index is 10.9. The van der Waals surface area contributed by atoms with Gasteiger partial charge in [-0.1, -0.05) is 72.2 Å². The van der Waals surface area contributed by atoms with E-state index >= 15 is 0 Å². The first-order chi connectivity index (χ1) is 10.4. The Hall–Kier alpha value is -1.17. The van der Waals surface area contributed by atoms with Crippen molar-refractivity contribution >= 4 is 32.9 Å². The SMILES string of the molecule is CC(C)(CCBr)c1ccc(-c2ccccc2NS(=O)[O-])cc1. The lowest BCUT2D eigenvalue weighted by atomic mass is 9.82. The molecule has 0 fully saturated rings. The predicted molar refractivity (Wildman–Crippen MR) is 95.9 cm³/mol. The minimum atomic E-state index is -2.33. The van der Waals surface area contributed by atoms with Crippen LogP contribution in [0.1, 0.15) is 25.8 Å². The first-order valence-electron chi connectivity index (χ1n) is 7.06. The molecule has 0 aliphatic heterocycles. The number of anilines is 1. The van der Waals surface area contributed by atoms with Gasteiger partial charge in [0.15, 0.2) is 0 Å². The van der Waals surface area contributed by atoms with E-state index in [4.69, 9.17) is 0 Å². The van der Waals surface area contributed by atoms with E-state index < -0.39 is 11.3 Å². The number of para-hydroxylation sites is 1. The predicted octanol–water partition coefficient (Wildman–Crippen LogP) is 4.62. The standard InChI is InChI=1S/C17H20BrNO2S/c1-17(2,11-12-18)14-9-7-13(8-10-14)15-5-3-4-6-16(15)19-22(20)21/h3-10,19H,11-12H2,1-2H3,(H,20,21)/p-1. The molecule has 0 radical (unpaired) electrons. The Kier molecular flexibility index (Phi) is 5.78. The second kappa shape index (κ2) is 7.40. The summed E-state index contributed by atoms with van der Waals surface area (Å²) in [6.07, 6.45) is 1.06. The number of halogens is 1. The Morgan fingerprint density at radius 2 is 1.77 bits per heavy atom.